The highest BCUT2D eigenvalue weighted by atomic mass is 14.9. The van der Waals surface area contributed by atoms with Crippen LogP contribution in [0.5, 0.6) is 0 Å². The van der Waals surface area contributed by atoms with Gasteiger partial charge >= 0.3 is 0 Å². The second-order valence-corrected chi connectivity index (χ2v) is 2.11. The van der Waals surface area contributed by atoms with E-state index in [1.165, 1.54) is 0 Å². The third kappa shape index (κ3) is 5.15. The Morgan fingerprint density at radius 1 is 1.70 bits per heavy atom. The van der Waals surface area contributed by atoms with Crippen LogP contribution < -0.4 is 5.32 Å². The Bertz CT molecular complexity index is 150. The molecule has 0 bridgehead atoms. The SMILES string of the molecule is C#CCCCNC(C)C#N. The van der Waals surface area contributed by atoms with E-state index in [1.807, 2.05) is 6.92 Å². The maximum atomic E-state index is 8.34. The van der Waals surface area contributed by atoms with Gasteiger partial charge < -0.3 is 5.32 Å². The smallest absolute Gasteiger partial charge is 0.0924 e. The van der Waals surface area contributed by atoms with Crippen molar-refractivity contribution in [1.82, 2.24) is 5.32 Å². The monoisotopic (exact) mass is 136 g/mol. The third-order valence-corrected chi connectivity index (χ3v) is 1.14. The number of hydrogen-bond acceptors (Lipinski definition) is 2. The van der Waals surface area contributed by atoms with Crippen LogP contribution in [0, 0.1) is 23.7 Å². The van der Waals surface area contributed by atoms with Gasteiger partial charge in [-0.2, -0.15) is 5.26 Å². The van der Waals surface area contributed by atoms with Gasteiger partial charge in [-0.3, -0.25) is 0 Å². The molecular weight excluding hydrogens is 124 g/mol. The van der Waals surface area contributed by atoms with Gasteiger partial charge in [0.1, 0.15) is 0 Å². The third-order valence-electron chi connectivity index (χ3n) is 1.14. The lowest BCUT2D eigenvalue weighted by molar-refractivity contribution is 0.620. The summed E-state index contributed by atoms with van der Waals surface area (Å²) in [6.07, 6.45) is 6.76. The zero-order valence-corrected chi connectivity index (χ0v) is 6.22. The van der Waals surface area contributed by atoms with E-state index >= 15 is 0 Å². The van der Waals surface area contributed by atoms with Crippen molar-refractivity contribution < 1.29 is 0 Å². The number of terminal acetylenes is 1. The van der Waals surface area contributed by atoms with E-state index in [0.717, 1.165) is 19.4 Å². The number of nitrogens with one attached hydrogen (secondary N) is 1. The van der Waals surface area contributed by atoms with Gasteiger partial charge in [-0.15, -0.1) is 12.3 Å². The Morgan fingerprint density at radius 3 is 2.90 bits per heavy atom. The Hall–Kier alpha value is -0.990. The molecule has 0 saturated heterocycles. The van der Waals surface area contributed by atoms with Crippen LogP contribution in [0.4, 0.5) is 0 Å². The van der Waals surface area contributed by atoms with Crippen LogP contribution >= 0.6 is 0 Å². The standard InChI is InChI=1S/C8H12N2/c1-3-4-5-6-10-8(2)7-9/h1,8,10H,4-6H2,2H3. The average molecular weight is 136 g/mol. The van der Waals surface area contributed by atoms with Gasteiger partial charge in [0.25, 0.3) is 0 Å². The maximum absolute atomic E-state index is 8.34. The van der Waals surface area contributed by atoms with E-state index in [4.69, 9.17) is 11.7 Å². The molecule has 1 atom stereocenters. The summed E-state index contributed by atoms with van der Waals surface area (Å²) >= 11 is 0. The van der Waals surface area contributed by atoms with Gasteiger partial charge in [-0.25, -0.2) is 0 Å². The van der Waals surface area contributed by atoms with Crippen LogP contribution in [0.2, 0.25) is 0 Å². The molecule has 0 aromatic carbocycles. The molecule has 0 rings (SSSR count). The van der Waals surface area contributed by atoms with E-state index < -0.39 is 0 Å². The minimum Gasteiger partial charge on any atom is -0.302 e. The van der Waals surface area contributed by atoms with E-state index in [9.17, 15) is 0 Å². The van der Waals surface area contributed by atoms with E-state index in [-0.39, 0.29) is 6.04 Å². The molecule has 0 aliphatic carbocycles. The highest BCUT2D eigenvalue weighted by Gasteiger charge is 1.94. The molecule has 1 unspecified atom stereocenters. The highest BCUT2D eigenvalue weighted by molar-refractivity contribution is 4.87. The molecule has 0 aromatic rings. The van der Waals surface area contributed by atoms with Crippen molar-refractivity contribution in [3.05, 3.63) is 0 Å². The molecule has 54 valence electrons. The van der Waals surface area contributed by atoms with Crippen molar-refractivity contribution in [3.8, 4) is 18.4 Å². The van der Waals surface area contributed by atoms with Crippen LogP contribution in [0.25, 0.3) is 0 Å². The van der Waals surface area contributed by atoms with Crippen molar-refractivity contribution in [3.63, 3.8) is 0 Å². The maximum Gasteiger partial charge on any atom is 0.0924 e. The Kier molecular flexibility index (Phi) is 5.53. The first-order valence-corrected chi connectivity index (χ1v) is 3.37. The molecule has 10 heavy (non-hydrogen) atoms. The number of nitrogens with zero attached hydrogens (tertiary/aromatic N) is 1. The largest absolute Gasteiger partial charge is 0.302 e. The van der Waals surface area contributed by atoms with Gasteiger partial charge in [0.2, 0.25) is 0 Å². The minimum atomic E-state index is -0.0576. The lowest BCUT2D eigenvalue weighted by Crippen LogP contribution is -2.24. The van der Waals surface area contributed by atoms with Crippen molar-refractivity contribution in [2.75, 3.05) is 6.54 Å². The molecule has 0 amide bonds. The fraction of sp³-hybridized carbons (Fsp3) is 0.625. The van der Waals surface area contributed by atoms with E-state index in [1.54, 1.807) is 0 Å². The van der Waals surface area contributed by atoms with Crippen LogP contribution in [0.3, 0.4) is 0 Å². The van der Waals surface area contributed by atoms with Gasteiger partial charge in [0, 0.05) is 6.42 Å². The topological polar surface area (TPSA) is 35.8 Å². The fourth-order valence-corrected chi connectivity index (χ4v) is 0.555. The predicted molar refractivity (Wildman–Crippen MR) is 41.1 cm³/mol. The highest BCUT2D eigenvalue weighted by Crippen LogP contribution is 1.84. The molecule has 0 spiro atoms. The minimum absolute atomic E-state index is 0.0576. The molecule has 2 nitrogen and oxygen atoms in total. The number of rotatable bonds is 4. The molecule has 0 fully saturated rings. The van der Waals surface area contributed by atoms with E-state index in [2.05, 4.69) is 17.3 Å². The number of unbranched alkanes of at least 4 members (excludes halogenated alkanes) is 1. The average Bonchev–Trinajstić information content (AvgIpc) is 1.98. The second-order valence-electron chi connectivity index (χ2n) is 2.11. The lowest BCUT2D eigenvalue weighted by Gasteiger charge is -2.02. The fourth-order valence-electron chi connectivity index (χ4n) is 0.555. The van der Waals surface area contributed by atoms with Crippen molar-refractivity contribution in [1.29, 1.82) is 5.26 Å². The molecule has 1 N–H and O–H groups in total. The summed E-state index contributed by atoms with van der Waals surface area (Å²) < 4.78 is 0. The molecule has 0 aliphatic rings. The lowest BCUT2D eigenvalue weighted by atomic mass is 10.3. The summed E-state index contributed by atoms with van der Waals surface area (Å²) in [6, 6.07) is 2.02. The van der Waals surface area contributed by atoms with Gasteiger partial charge in [-0.05, 0) is 19.9 Å². The zero-order chi connectivity index (χ0) is 7.82. The summed E-state index contributed by atoms with van der Waals surface area (Å²) in [5.41, 5.74) is 0. The first-order valence-electron chi connectivity index (χ1n) is 3.37. The molecule has 0 radical (unpaired) electrons. The summed E-state index contributed by atoms with van der Waals surface area (Å²) in [5, 5.41) is 11.3. The van der Waals surface area contributed by atoms with E-state index in [0.29, 0.717) is 0 Å². The van der Waals surface area contributed by atoms with Gasteiger partial charge in [-0.1, -0.05) is 0 Å². The van der Waals surface area contributed by atoms with Crippen LogP contribution in [-0.4, -0.2) is 12.6 Å². The molecule has 0 aliphatic heterocycles. The number of nitriles is 1. The van der Waals surface area contributed by atoms with Crippen molar-refractivity contribution >= 4 is 0 Å². The first-order chi connectivity index (χ1) is 4.81. The van der Waals surface area contributed by atoms with Crippen molar-refractivity contribution in [2.24, 2.45) is 0 Å². The molecular formula is C8H12N2. The molecule has 0 heterocycles. The summed E-state index contributed by atoms with van der Waals surface area (Å²) in [4.78, 5) is 0. The van der Waals surface area contributed by atoms with Crippen LogP contribution in [-0.2, 0) is 0 Å². The Labute approximate surface area is 62.2 Å². The van der Waals surface area contributed by atoms with Crippen molar-refractivity contribution in [2.45, 2.75) is 25.8 Å². The predicted octanol–water partition coefficient (Wildman–Crippen LogP) is 0.901. The Balaban J connectivity index is 3.07. The Morgan fingerprint density at radius 2 is 2.40 bits per heavy atom. The summed E-state index contributed by atoms with van der Waals surface area (Å²) in [7, 11) is 0. The van der Waals surface area contributed by atoms with Gasteiger partial charge in [0.15, 0.2) is 0 Å². The molecule has 2 heteroatoms. The first kappa shape index (κ1) is 9.01. The summed E-state index contributed by atoms with van der Waals surface area (Å²) in [6.45, 7) is 2.66. The summed E-state index contributed by atoms with van der Waals surface area (Å²) in [5.74, 6) is 2.54. The van der Waals surface area contributed by atoms with Crippen LogP contribution in [0.15, 0.2) is 0 Å². The van der Waals surface area contributed by atoms with Crippen LogP contribution in [0.1, 0.15) is 19.8 Å². The quantitative estimate of drug-likeness (QED) is 0.460. The van der Waals surface area contributed by atoms with Gasteiger partial charge in [0.05, 0.1) is 12.1 Å². The number of hydrogen-bond donors (Lipinski definition) is 1. The second kappa shape index (κ2) is 6.13. The zero-order valence-electron chi connectivity index (χ0n) is 6.22. The normalized spacial score (nSPS) is 11.5. The molecule has 0 saturated carbocycles. The molecule has 0 aromatic heterocycles.